The van der Waals surface area contributed by atoms with Crippen molar-refractivity contribution in [1.82, 2.24) is 10.2 Å². The Morgan fingerprint density at radius 3 is 2.89 bits per heavy atom. The number of aromatic nitrogens is 2. The molecule has 0 radical (unpaired) electrons. The zero-order valence-electron chi connectivity index (χ0n) is 9.95. The first-order chi connectivity index (χ1) is 9.13. The lowest BCUT2D eigenvalue weighted by Gasteiger charge is -2.06. The van der Waals surface area contributed by atoms with Crippen molar-refractivity contribution in [3.63, 3.8) is 0 Å². The molecule has 0 spiro atoms. The number of halogens is 2. The van der Waals surface area contributed by atoms with Crippen molar-refractivity contribution in [1.29, 1.82) is 0 Å². The minimum atomic E-state index is -0.225. The lowest BCUT2D eigenvalue weighted by molar-refractivity contribution is 0.626. The first kappa shape index (κ1) is 12.2. The van der Waals surface area contributed by atoms with E-state index in [-0.39, 0.29) is 5.82 Å². The van der Waals surface area contributed by atoms with Crippen LogP contribution in [0.15, 0.2) is 40.9 Å². The number of nitrogens with two attached hydrogens (primary N) is 1. The van der Waals surface area contributed by atoms with Gasteiger partial charge >= 0.3 is 0 Å². The molecule has 0 saturated carbocycles. The number of nitrogens with zero attached hydrogens (tertiary/aromatic N) is 1. The summed E-state index contributed by atoms with van der Waals surface area (Å²) in [6, 6.07) is 10.5. The molecule has 0 aliphatic carbocycles. The van der Waals surface area contributed by atoms with Crippen LogP contribution in [0.3, 0.4) is 0 Å². The highest BCUT2D eigenvalue weighted by atomic mass is 79.9. The molecule has 19 heavy (non-hydrogen) atoms. The van der Waals surface area contributed by atoms with E-state index >= 15 is 0 Å². The van der Waals surface area contributed by atoms with Crippen LogP contribution < -0.4 is 5.73 Å². The number of nitrogens with one attached hydrogen (secondary N) is 1. The second-order valence-corrected chi connectivity index (χ2v) is 5.26. The van der Waals surface area contributed by atoms with Gasteiger partial charge in [-0.05, 0) is 41.8 Å². The number of fused-ring (bicyclic) bond motifs is 1. The van der Waals surface area contributed by atoms with E-state index in [4.69, 9.17) is 5.73 Å². The number of nitrogen functional groups attached to an aromatic ring is 1. The molecule has 0 saturated heterocycles. The van der Waals surface area contributed by atoms with E-state index in [1.807, 2.05) is 18.2 Å². The van der Waals surface area contributed by atoms with Gasteiger partial charge in [-0.3, -0.25) is 5.10 Å². The Hall–Kier alpha value is -1.88. The molecule has 3 aromatic rings. The van der Waals surface area contributed by atoms with E-state index in [1.54, 1.807) is 6.07 Å². The zero-order valence-corrected chi connectivity index (χ0v) is 11.5. The Kier molecular flexibility index (Phi) is 2.98. The maximum Gasteiger partial charge on any atom is 0.153 e. The minimum absolute atomic E-state index is 0.225. The van der Waals surface area contributed by atoms with Gasteiger partial charge in [0.1, 0.15) is 5.82 Å². The third-order valence-electron chi connectivity index (χ3n) is 3.04. The highest BCUT2D eigenvalue weighted by Crippen LogP contribution is 2.28. The molecule has 3 nitrogen and oxygen atoms in total. The Morgan fingerprint density at radius 2 is 2.11 bits per heavy atom. The summed E-state index contributed by atoms with van der Waals surface area (Å²) in [6.45, 7) is 0. The van der Waals surface area contributed by atoms with Crippen LogP contribution in [0.25, 0.3) is 10.9 Å². The first-order valence-electron chi connectivity index (χ1n) is 5.80. The van der Waals surface area contributed by atoms with Crippen molar-refractivity contribution >= 4 is 32.7 Å². The monoisotopic (exact) mass is 319 g/mol. The SMILES string of the molecule is Nc1n[nH]c2cc(Br)c(Cc3cccc(F)c3)cc12. The summed E-state index contributed by atoms with van der Waals surface area (Å²) in [5.74, 6) is 0.250. The minimum Gasteiger partial charge on any atom is -0.382 e. The maximum absolute atomic E-state index is 13.2. The molecule has 0 atom stereocenters. The zero-order chi connectivity index (χ0) is 13.4. The van der Waals surface area contributed by atoms with E-state index in [1.165, 1.54) is 12.1 Å². The van der Waals surface area contributed by atoms with Crippen LogP contribution in [0.2, 0.25) is 0 Å². The molecule has 96 valence electrons. The van der Waals surface area contributed by atoms with Gasteiger partial charge in [-0.1, -0.05) is 28.1 Å². The number of benzene rings is 2. The standard InChI is InChI=1S/C14H11BrFN3/c15-12-7-13-11(14(17)19-18-13)6-9(12)4-8-2-1-3-10(16)5-8/h1-3,5-7H,4H2,(H3,17,18,19). The fraction of sp³-hybridized carbons (Fsp3) is 0.0714. The van der Waals surface area contributed by atoms with Gasteiger partial charge in [0.05, 0.1) is 5.52 Å². The van der Waals surface area contributed by atoms with Crippen LogP contribution in [-0.4, -0.2) is 10.2 Å². The number of hydrogen-bond donors (Lipinski definition) is 2. The van der Waals surface area contributed by atoms with Crippen LogP contribution in [0.5, 0.6) is 0 Å². The van der Waals surface area contributed by atoms with E-state index in [2.05, 4.69) is 26.1 Å². The van der Waals surface area contributed by atoms with Crippen LogP contribution >= 0.6 is 15.9 Å². The van der Waals surface area contributed by atoms with Crippen molar-refractivity contribution in [2.45, 2.75) is 6.42 Å². The topological polar surface area (TPSA) is 54.7 Å². The lowest BCUT2D eigenvalue weighted by Crippen LogP contribution is -1.91. The fourth-order valence-corrected chi connectivity index (χ4v) is 2.59. The molecular formula is C14H11BrFN3. The Morgan fingerprint density at radius 1 is 1.26 bits per heavy atom. The molecule has 1 heterocycles. The maximum atomic E-state index is 13.2. The van der Waals surface area contributed by atoms with E-state index in [0.717, 1.165) is 26.5 Å². The lowest BCUT2D eigenvalue weighted by atomic mass is 10.0. The molecule has 5 heteroatoms. The first-order valence-corrected chi connectivity index (χ1v) is 6.59. The number of hydrogen-bond acceptors (Lipinski definition) is 2. The predicted octanol–water partition coefficient (Wildman–Crippen LogP) is 3.64. The van der Waals surface area contributed by atoms with Crippen molar-refractivity contribution in [3.8, 4) is 0 Å². The van der Waals surface area contributed by atoms with Crippen molar-refractivity contribution in [2.24, 2.45) is 0 Å². The van der Waals surface area contributed by atoms with E-state index < -0.39 is 0 Å². The molecule has 3 N–H and O–H groups in total. The predicted molar refractivity (Wildman–Crippen MR) is 77.4 cm³/mol. The highest BCUT2D eigenvalue weighted by molar-refractivity contribution is 9.10. The second kappa shape index (κ2) is 4.66. The molecular weight excluding hydrogens is 309 g/mol. The van der Waals surface area contributed by atoms with Crippen LogP contribution in [0.4, 0.5) is 10.2 Å². The third-order valence-corrected chi connectivity index (χ3v) is 3.78. The smallest absolute Gasteiger partial charge is 0.153 e. The Bertz CT molecular complexity index is 752. The summed E-state index contributed by atoms with van der Waals surface area (Å²) in [4.78, 5) is 0. The summed E-state index contributed by atoms with van der Waals surface area (Å²) in [5.41, 5.74) is 8.64. The molecule has 0 unspecified atom stereocenters. The van der Waals surface area contributed by atoms with Gasteiger partial charge in [0.15, 0.2) is 5.82 Å². The summed E-state index contributed by atoms with van der Waals surface area (Å²) < 4.78 is 14.1. The summed E-state index contributed by atoms with van der Waals surface area (Å²) in [6.07, 6.45) is 0.638. The van der Waals surface area contributed by atoms with Crippen molar-refractivity contribution in [2.75, 3.05) is 5.73 Å². The van der Waals surface area contributed by atoms with Crippen LogP contribution in [0.1, 0.15) is 11.1 Å². The number of H-pyrrole nitrogens is 1. The number of anilines is 1. The second-order valence-electron chi connectivity index (χ2n) is 4.40. The number of rotatable bonds is 2. The van der Waals surface area contributed by atoms with Crippen molar-refractivity contribution in [3.05, 3.63) is 57.8 Å². The molecule has 0 aliphatic heterocycles. The van der Waals surface area contributed by atoms with Crippen LogP contribution in [-0.2, 0) is 6.42 Å². The van der Waals surface area contributed by atoms with Gasteiger partial charge in [0.2, 0.25) is 0 Å². The summed E-state index contributed by atoms with van der Waals surface area (Å²) in [7, 11) is 0. The van der Waals surface area contributed by atoms with E-state index in [9.17, 15) is 4.39 Å². The molecule has 0 bridgehead atoms. The quantitative estimate of drug-likeness (QED) is 0.757. The average Bonchev–Trinajstić information content (AvgIpc) is 2.71. The largest absolute Gasteiger partial charge is 0.382 e. The molecule has 0 fully saturated rings. The van der Waals surface area contributed by atoms with Gasteiger partial charge < -0.3 is 5.73 Å². The third kappa shape index (κ3) is 2.33. The van der Waals surface area contributed by atoms with Crippen LogP contribution in [0, 0.1) is 5.82 Å². The molecule has 0 amide bonds. The number of aromatic amines is 1. The highest BCUT2D eigenvalue weighted by Gasteiger charge is 2.08. The summed E-state index contributed by atoms with van der Waals surface area (Å²) in [5, 5.41) is 7.72. The average molecular weight is 320 g/mol. The summed E-state index contributed by atoms with van der Waals surface area (Å²) >= 11 is 3.52. The van der Waals surface area contributed by atoms with E-state index in [0.29, 0.717) is 12.2 Å². The molecule has 3 rings (SSSR count). The van der Waals surface area contributed by atoms with Gasteiger partial charge in [0, 0.05) is 9.86 Å². The molecule has 2 aromatic carbocycles. The van der Waals surface area contributed by atoms with Gasteiger partial charge in [0.25, 0.3) is 0 Å². The van der Waals surface area contributed by atoms with Gasteiger partial charge in [-0.25, -0.2) is 4.39 Å². The normalized spacial score (nSPS) is 11.1. The fourth-order valence-electron chi connectivity index (χ4n) is 2.11. The van der Waals surface area contributed by atoms with Crippen molar-refractivity contribution < 1.29 is 4.39 Å². The Balaban J connectivity index is 2.04. The van der Waals surface area contributed by atoms with Gasteiger partial charge in [-0.15, -0.1) is 0 Å². The Labute approximate surface area is 117 Å². The molecule has 0 aliphatic rings. The molecule has 1 aromatic heterocycles. The van der Waals surface area contributed by atoms with Gasteiger partial charge in [-0.2, -0.15) is 5.10 Å².